The fourth-order valence-electron chi connectivity index (χ4n) is 11.2. The first-order valence-electron chi connectivity index (χ1n) is 22.2. The molecule has 3 aromatic heterocycles. The summed E-state index contributed by atoms with van der Waals surface area (Å²) in [5.74, 6) is 1.80. The molecule has 0 radical (unpaired) electrons. The monoisotopic (exact) mass is 842 g/mol. The molecule has 1 aliphatic rings. The minimum Gasteiger partial charge on any atom is -0.456 e. The Hall–Kier alpha value is -7.41. The highest BCUT2D eigenvalue weighted by molar-refractivity contribution is 7.19. The van der Waals surface area contributed by atoms with Crippen LogP contribution in [-0.2, 0) is 10.8 Å². The van der Waals surface area contributed by atoms with E-state index < -0.39 is 8.07 Å². The van der Waals surface area contributed by atoms with Gasteiger partial charge in [-0.2, -0.15) is 9.97 Å². The van der Waals surface area contributed by atoms with Crippen LogP contribution in [0.3, 0.4) is 0 Å². The molecule has 308 valence electrons. The van der Waals surface area contributed by atoms with Crippen LogP contribution in [0.1, 0.15) is 45.2 Å². The lowest BCUT2D eigenvalue weighted by molar-refractivity contribution is 0.403. The molecule has 5 nitrogen and oxygen atoms in total. The number of hydrogen-bond donors (Lipinski definition) is 0. The van der Waals surface area contributed by atoms with Gasteiger partial charge in [-0.3, -0.25) is 4.57 Å². The minimum absolute atomic E-state index is 0.0135. The molecule has 3 heterocycles. The maximum atomic E-state index is 6.28. The van der Waals surface area contributed by atoms with Gasteiger partial charge < -0.3 is 4.42 Å². The second-order valence-electron chi connectivity index (χ2n) is 18.7. The zero-order valence-corrected chi connectivity index (χ0v) is 37.4. The number of furan rings is 1. The van der Waals surface area contributed by atoms with Crippen LogP contribution in [0.4, 0.5) is 0 Å². The largest absolute Gasteiger partial charge is 0.456 e. The molecule has 0 bridgehead atoms. The molecule has 12 rings (SSSR count). The average Bonchev–Trinajstić information content (AvgIpc) is 3.93. The third-order valence-corrected chi connectivity index (χ3v) is 18.6. The number of benzene rings is 8. The van der Waals surface area contributed by atoms with Crippen molar-refractivity contribution in [2.45, 2.75) is 44.9 Å². The molecule has 0 unspecified atom stereocenters. The van der Waals surface area contributed by atoms with Crippen molar-refractivity contribution >= 4 is 72.6 Å². The minimum atomic E-state index is -2.85. The van der Waals surface area contributed by atoms with Crippen LogP contribution in [0.15, 0.2) is 199 Å². The highest BCUT2D eigenvalue weighted by Crippen LogP contribution is 2.51. The summed E-state index contributed by atoms with van der Waals surface area (Å²) < 4.78 is 8.56. The topological polar surface area (TPSA) is 56.7 Å². The van der Waals surface area contributed by atoms with Crippen LogP contribution in [0.25, 0.3) is 72.5 Å². The van der Waals surface area contributed by atoms with Gasteiger partial charge in [0.25, 0.3) is 0 Å². The molecule has 0 aliphatic heterocycles. The number of nitrogens with zero attached hydrogens (tertiary/aromatic N) is 4. The van der Waals surface area contributed by atoms with E-state index in [1.165, 1.54) is 42.6 Å². The maximum absolute atomic E-state index is 6.28. The van der Waals surface area contributed by atoms with Gasteiger partial charge >= 0.3 is 0 Å². The molecular formula is C58H46N4OSi. The molecule has 6 heteroatoms. The van der Waals surface area contributed by atoms with Crippen molar-refractivity contribution in [2.75, 3.05) is 0 Å². The molecule has 0 N–H and O–H groups in total. The lowest BCUT2D eigenvalue weighted by atomic mass is 9.82. The van der Waals surface area contributed by atoms with Crippen LogP contribution < -0.4 is 20.7 Å². The third-order valence-electron chi connectivity index (χ3n) is 13.8. The van der Waals surface area contributed by atoms with Crippen molar-refractivity contribution in [1.82, 2.24) is 19.5 Å². The number of aromatic nitrogens is 4. The SMILES string of the molecule is CC1(C)CC(C)(C)c2cc3c(cc21)c1ccccc1n3-c1nc(-c2cccc([Si](c3ccccc3)(c3ccccc3)c3ccccc3)c2)nc(-c2ccc3oc4ccccc4c3c2)n1. The number of para-hydroxylation sites is 2. The van der Waals surface area contributed by atoms with E-state index in [4.69, 9.17) is 19.4 Å². The fourth-order valence-corrected chi connectivity index (χ4v) is 16.0. The highest BCUT2D eigenvalue weighted by atomic mass is 28.3. The Bertz CT molecular complexity index is 3490. The van der Waals surface area contributed by atoms with E-state index in [9.17, 15) is 0 Å². The summed E-state index contributed by atoms with van der Waals surface area (Å²) in [6.07, 6.45) is 1.08. The molecule has 0 saturated carbocycles. The first-order valence-corrected chi connectivity index (χ1v) is 24.2. The van der Waals surface area contributed by atoms with Gasteiger partial charge in [0.15, 0.2) is 19.7 Å². The van der Waals surface area contributed by atoms with E-state index >= 15 is 0 Å². The molecule has 0 saturated heterocycles. The molecule has 0 spiro atoms. The average molecular weight is 843 g/mol. The third kappa shape index (κ3) is 5.86. The van der Waals surface area contributed by atoms with Crippen molar-refractivity contribution in [3.63, 3.8) is 0 Å². The second-order valence-corrected chi connectivity index (χ2v) is 22.5. The standard InChI is InChI=1S/C58H46N4OSi/c1-57(2)37-58(3,4)49-36-51-46(35-48(49)57)44-27-14-16-29-50(44)62(51)56-60-54(59-55(61-56)39-31-32-53-47(34-39)45-28-15-17-30-52(45)63-53)38-19-18-26-43(33-38)64(40-20-8-5-9-21-40,41-22-10-6-11-23-41)42-24-12-7-13-25-42/h5-36H,37H2,1-4H3. The summed E-state index contributed by atoms with van der Waals surface area (Å²) in [5, 5.41) is 9.67. The van der Waals surface area contributed by atoms with Gasteiger partial charge in [0.1, 0.15) is 11.2 Å². The van der Waals surface area contributed by atoms with Crippen molar-refractivity contribution in [1.29, 1.82) is 0 Å². The molecule has 1 aliphatic carbocycles. The summed E-state index contributed by atoms with van der Waals surface area (Å²) in [5.41, 5.74) is 8.56. The lowest BCUT2D eigenvalue weighted by Gasteiger charge is -2.34. The van der Waals surface area contributed by atoms with Crippen LogP contribution in [0.2, 0.25) is 0 Å². The first-order chi connectivity index (χ1) is 31.2. The first kappa shape index (κ1) is 38.3. The van der Waals surface area contributed by atoms with Crippen LogP contribution in [-0.4, -0.2) is 27.6 Å². The molecule has 11 aromatic rings. The Balaban J connectivity index is 1.14. The Kier molecular flexibility index (Phi) is 8.56. The van der Waals surface area contributed by atoms with Crippen molar-refractivity contribution < 1.29 is 4.42 Å². The van der Waals surface area contributed by atoms with E-state index in [2.05, 4.69) is 208 Å². The van der Waals surface area contributed by atoms with Crippen molar-refractivity contribution in [3.8, 4) is 28.7 Å². The van der Waals surface area contributed by atoms with Gasteiger partial charge in [-0.05, 0) is 91.6 Å². The smallest absolute Gasteiger partial charge is 0.238 e. The Labute approximate surface area is 373 Å². The Morgan fingerprint density at radius 2 is 0.953 bits per heavy atom. The van der Waals surface area contributed by atoms with Gasteiger partial charge in [-0.25, -0.2) is 4.98 Å². The van der Waals surface area contributed by atoms with Gasteiger partial charge in [0, 0.05) is 32.7 Å². The summed E-state index contributed by atoms with van der Waals surface area (Å²) >= 11 is 0. The fraction of sp³-hybridized carbons (Fsp3) is 0.121. The lowest BCUT2D eigenvalue weighted by Crippen LogP contribution is -2.74. The van der Waals surface area contributed by atoms with Crippen LogP contribution in [0.5, 0.6) is 0 Å². The van der Waals surface area contributed by atoms with Crippen LogP contribution >= 0.6 is 0 Å². The van der Waals surface area contributed by atoms with Gasteiger partial charge in [0.05, 0.1) is 11.0 Å². The number of hydrogen-bond acceptors (Lipinski definition) is 4. The zero-order valence-electron chi connectivity index (χ0n) is 36.4. The van der Waals surface area contributed by atoms with E-state index in [1.54, 1.807) is 0 Å². The number of fused-ring (bicyclic) bond motifs is 7. The highest BCUT2D eigenvalue weighted by Gasteiger charge is 2.43. The predicted molar refractivity (Wildman–Crippen MR) is 267 cm³/mol. The second kappa shape index (κ2) is 14.3. The van der Waals surface area contributed by atoms with Crippen LogP contribution in [0, 0.1) is 0 Å². The predicted octanol–water partition coefficient (Wildman–Crippen LogP) is 11.5. The summed E-state index contributed by atoms with van der Waals surface area (Å²) in [6, 6.07) is 70.2. The normalized spacial score (nSPS) is 14.4. The van der Waals surface area contributed by atoms with E-state index in [1.807, 2.05) is 18.2 Å². The number of rotatable bonds is 7. The van der Waals surface area contributed by atoms with Gasteiger partial charge in [0.2, 0.25) is 5.95 Å². The van der Waals surface area contributed by atoms with E-state index in [0.717, 1.165) is 50.5 Å². The molecular weight excluding hydrogens is 797 g/mol. The summed E-state index contributed by atoms with van der Waals surface area (Å²) in [7, 11) is -2.85. The van der Waals surface area contributed by atoms with E-state index in [0.29, 0.717) is 17.6 Å². The maximum Gasteiger partial charge on any atom is 0.238 e. The van der Waals surface area contributed by atoms with Gasteiger partial charge in [-0.15, -0.1) is 0 Å². The molecule has 0 atom stereocenters. The quantitative estimate of drug-likeness (QED) is 0.118. The van der Waals surface area contributed by atoms with Crippen molar-refractivity contribution in [2.24, 2.45) is 0 Å². The molecule has 64 heavy (non-hydrogen) atoms. The van der Waals surface area contributed by atoms with E-state index in [-0.39, 0.29) is 10.8 Å². The summed E-state index contributed by atoms with van der Waals surface area (Å²) in [6.45, 7) is 9.53. The zero-order chi connectivity index (χ0) is 43.2. The van der Waals surface area contributed by atoms with Crippen molar-refractivity contribution in [3.05, 3.63) is 205 Å². The molecule has 0 amide bonds. The Morgan fingerprint density at radius 1 is 0.422 bits per heavy atom. The molecule has 8 aromatic carbocycles. The van der Waals surface area contributed by atoms with Gasteiger partial charge in [-0.1, -0.05) is 179 Å². The Morgan fingerprint density at radius 3 is 1.61 bits per heavy atom. The summed E-state index contributed by atoms with van der Waals surface area (Å²) in [4.78, 5) is 16.4. The molecule has 0 fully saturated rings.